The van der Waals surface area contributed by atoms with E-state index in [-0.39, 0.29) is 16.5 Å². The van der Waals surface area contributed by atoms with E-state index in [0.29, 0.717) is 16.3 Å². The number of carboxylic acids is 1. The van der Waals surface area contributed by atoms with E-state index in [2.05, 4.69) is 15.5 Å². The number of anilines is 2. The highest BCUT2D eigenvalue weighted by molar-refractivity contribution is 6.31. The van der Waals surface area contributed by atoms with Crippen LogP contribution in [0.5, 0.6) is 0 Å². The molecule has 8 heteroatoms. The number of rotatable bonds is 6. The molecular weight excluding hydrogens is 401 g/mol. The van der Waals surface area contributed by atoms with Crippen LogP contribution in [0.15, 0.2) is 59.8 Å². The van der Waals surface area contributed by atoms with Crippen molar-refractivity contribution in [1.29, 1.82) is 0 Å². The Hall–Kier alpha value is -2.96. The molecule has 1 unspecified atom stereocenters. The van der Waals surface area contributed by atoms with Crippen LogP contribution in [-0.4, -0.2) is 16.1 Å². The molecule has 1 aromatic heterocycles. The molecule has 0 aliphatic heterocycles. The lowest BCUT2D eigenvalue weighted by molar-refractivity contribution is 0.0697. The van der Waals surface area contributed by atoms with Gasteiger partial charge in [-0.05, 0) is 42.3 Å². The summed E-state index contributed by atoms with van der Waals surface area (Å²) in [6, 6.07) is 14.4. The monoisotopic (exact) mass is 415 g/mol. The fourth-order valence-corrected chi connectivity index (χ4v) is 3.33. The standard InChI is InChI=1S/C20H15Cl2N3O3/c1-11-4-2-3-5-14(11)19(25-28)15-7-6-13(10-16(15)21)23-18-9-12(20(26)27)8-17(22)24-18/h2-10,19H,1H3,(H,23,24)(H,26,27). The van der Waals surface area contributed by atoms with E-state index < -0.39 is 12.0 Å². The number of aryl methyl sites for hydroxylation is 1. The SMILES string of the molecule is Cc1ccccc1C(N=O)c1ccc(Nc2cc(C(=O)O)cc(Cl)n2)cc1Cl. The molecule has 2 N–H and O–H groups in total. The number of pyridine rings is 1. The van der Waals surface area contributed by atoms with Crippen LogP contribution < -0.4 is 5.32 Å². The number of aromatic carboxylic acids is 1. The molecule has 142 valence electrons. The third-order valence-corrected chi connectivity index (χ3v) is 4.72. The number of hydrogen-bond donors (Lipinski definition) is 2. The molecule has 0 fully saturated rings. The zero-order valence-electron chi connectivity index (χ0n) is 14.7. The minimum absolute atomic E-state index is 0.00925. The third kappa shape index (κ3) is 4.30. The van der Waals surface area contributed by atoms with Gasteiger partial charge in [0, 0.05) is 16.3 Å². The summed E-state index contributed by atoms with van der Waals surface area (Å²) in [4.78, 5) is 26.7. The van der Waals surface area contributed by atoms with Crippen molar-refractivity contribution in [3.63, 3.8) is 0 Å². The number of carbonyl (C=O) groups is 1. The Labute approximate surface area is 171 Å². The predicted molar refractivity (Wildman–Crippen MR) is 110 cm³/mol. The summed E-state index contributed by atoms with van der Waals surface area (Å²) < 4.78 is 0. The molecule has 0 saturated heterocycles. The number of hydrogen-bond acceptors (Lipinski definition) is 5. The molecule has 0 aliphatic rings. The van der Waals surface area contributed by atoms with Crippen molar-refractivity contribution < 1.29 is 9.90 Å². The Morgan fingerprint density at radius 1 is 1.11 bits per heavy atom. The van der Waals surface area contributed by atoms with E-state index in [9.17, 15) is 9.70 Å². The van der Waals surface area contributed by atoms with Gasteiger partial charge in [0.2, 0.25) is 0 Å². The number of aromatic nitrogens is 1. The van der Waals surface area contributed by atoms with Crippen molar-refractivity contribution in [2.24, 2.45) is 5.18 Å². The molecule has 3 rings (SSSR count). The quantitative estimate of drug-likeness (QED) is 0.380. The molecule has 0 amide bonds. The largest absolute Gasteiger partial charge is 0.478 e. The van der Waals surface area contributed by atoms with Gasteiger partial charge in [-0.25, -0.2) is 9.78 Å². The van der Waals surface area contributed by atoms with E-state index in [1.807, 2.05) is 31.2 Å². The van der Waals surface area contributed by atoms with Crippen molar-refractivity contribution in [1.82, 2.24) is 4.98 Å². The Morgan fingerprint density at radius 3 is 2.50 bits per heavy atom. The Balaban J connectivity index is 1.92. The highest BCUT2D eigenvalue weighted by Gasteiger charge is 2.20. The van der Waals surface area contributed by atoms with Crippen LogP contribution in [0.1, 0.15) is 33.1 Å². The van der Waals surface area contributed by atoms with Crippen LogP contribution in [-0.2, 0) is 0 Å². The lowest BCUT2D eigenvalue weighted by Crippen LogP contribution is -2.03. The van der Waals surface area contributed by atoms with Gasteiger partial charge in [-0.2, -0.15) is 0 Å². The molecule has 0 bridgehead atoms. The molecule has 0 saturated carbocycles. The van der Waals surface area contributed by atoms with Gasteiger partial charge in [0.25, 0.3) is 0 Å². The van der Waals surface area contributed by atoms with E-state index >= 15 is 0 Å². The van der Waals surface area contributed by atoms with Gasteiger partial charge in [-0.1, -0.05) is 58.7 Å². The average Bonchev–Trinajstić information content (AvgIpc) is 2.65. The van der Waals surface area contributed by atoms with Crippen LogP contribution >= 0.6 is 23.2 Å². The summed E-state index contributed by atoms with van der Waals surface area (Å²) in [5, 5.41) is 15.7. The predicted octanol–water partition coefficient (Wildman–Crippen LogP) is 5.99. The van der Waals surface area contributed by atoms with Gasteiger partial charge in [-0.15, -0.1) is 4.91 Å². The molecule has 0 radical (unpaired) electrons. The number of carboxylic acid groups (broad SMARTS) is 1. The van der Waals surface area contributed by atoms with Crippen LogP contribution in [0.3, 0.4) is 0 Å². The number of nitroso groups, excluding NO2 is 1. The molecule has 6 nitrogen and oxygen atoms in total. The zero-order valence-corrected chi connectivity index (χ0v) is 16.2. The Bertz CT molecular complexity index is 1060. The summed E-state index contributed by atoms with van der Waals surface area (Å²) in [5.74, 6) is -0.850. The summed E-state index contributed by atoms with van der Waals surface area (Å²) in [6.07, 6.45) is 0. The third-order valence-electron chi connectivity index (χ3n) is 4.20. The minimum atomic E-state index is -1.11. The molecule has 1 atom stereocenters. The first kappa shape index (κ1) is 19.8. The average molecular weight is 416 g/mol. The first-order valence-corrected chi connectivity index (χ1v) is 9.00. The van der Waals surface area contributed by atoms with Gasteiger partial charge < -0.3 is 10.4 Å². The second-order valence-corrected chi connectivity index (χ2v) is 6.89. The summed E-state index contributed by atoms with van der Waals surface area (Å²) in [5.41, 5.74) is 2.86. The zero-order chi connectivity index (χ0) is 20.3. The lowest BCUT2D eigenvalue weighted by Gasteiger charge is -2.15. The van der Waals surface area contributed by atoms with Crippen molar-refractivity contribution in [3.05, 3.63) is 91.9 Å². The summed E-state index contributed by atoms with van der Waals surface area (Å²) in [6.45, 7) is 1.90. The molecule has 2 aromatic carbocycles. The molecule has 28 heavy (non-hydrogen) atoms. The van der Waals surface area contributed by atoms with Gasteiger partial charge >= 0.3 is 5.97 Å². The molecule has 3 aromatic rings. The fourth-order valence-electron chi connectivity index (χ4n) is 2.83. The van der Waals surface area contributed by atoms with Crippen LogP contribution in [0.4, 0.5) is 11.5 Å². The maximum absolute atomic E-state index is 11.5. The fraction of sp³-hybridized carbons (Fsp3) is 0.100. The summed E-state index contributed by atoms with van der Waals surface area (Å²) in [7, 11) is 0. The van der Waals surface area contributed by atoms with E-state index in [0.717, 1.165) is 11.1 Å². The van der Waals surface area contributed by atoms with E-state index in [1.54, 1.807) is 18.2 Å². The van der Waals surface area contributed by atoms with Gasteiger partial charge in [0.15, 0.2) is 0 Å². The number of halogens is 2. The first-order valence-electron chi connectivity index (χ1n) is 8.24. The topological polar surface area (TPSA) is 91.7 Å². The van der Waals surface area contributed by atoms with Crippen molar-refractivity contribution in [3.8, 4) is 0 Å². The lowest BCUT2D eigenvalue weighted by atomic mass is 9.95. The van der Waals surface area contributed by atoms with Crippen molar-refractivity contribution in [2.75, 3.05) is 5.32 Å². The van der Waals surface area contributed by atoms with Crippen LogP contribution in [0, 0.1) is 11.8 Å². The first-order chi connectivity index (χ1) is 13.4. The van der Waals surface area contributed by atoms with Gasteiger partial charge in [-0.3, -0.25) is 0 Å². The minimum Gasteiger partial charge on any atom is -0.478 e. The highest BCUT2D eigenvalue weighted by Crippen LogP contribution is 2.35. The Kier molecular flexibility index (Phi) is 5.92. The molecule has 1 heterocycles. The second kappa shape index (κ2) is 8.37. The van der Waals surface area contributed by atoms with Gasteiger partial charge in [0.1, 0.15) is 17.0 Å². The van der Waals surface area contributed by atoms with Crippen LogP contribution in [0.2, 0.25) is 10.2 Å². The van der Waals surface area contributed by atoms with Crippen molar-refractivity contribution in [2.45, 2.75) is 13.0 Å². The number of nitrogens with one attached hydrogen (secondary N) is 1. The maximum Gasteiger partial charge on any atom is 0.335 e. The number of nitrogens with zero attached hydrogens (tertiary/aromatic N) is 2. The maximum atomic E-state index is 11.5. The highest BCUT2D eigenvalue weighted by atomic mass is 35.5. The molecular formula is C20H15Cl2N3O3. The van der Waals surface area contributed by atoms with Crippen molar-refractivity contribution >= 4 is 40.7 Å². The van der Waals surface area contributed by atoms with Crippen LogP contribution in [0.25, 0.3) is 0 Å². The smallest absolute Gasteiger partial charge is 0.335 e. The van der Waals surface area contributed by atoms with E-state index in [1.165, 1.54) is 12.1 Å². The van der Waals surface area contributed by atoms with E-state index in [4.69, 9.17) is 28.3 Å². The number of benzene rings is 2. The van der Waals surface area contributed by atoms with Gasteiger partial charge in [0.05, 0.1) is 5.56 Å². The Morgan fingerprint density at radius 2 is 1.86 bits per heavy atom. The molecule has 0 spiro atoms. The summed E-state index contributed by atoms with van der Waals surface area (Å²) >= 11 is 12.3. The normalized spacial score (nSPS) is 11.7. The molecule has 0 aliphatic carbocycles. The second-order valence-electron chi connectivity index (χ2n) is 6.09.